The van der Waals surface area contributed by atoms with Gasteiger partial charge in [0.1, 0.15) is 0 Å². The van der Waals surface area contributed by atoms with Gasteiger partial charge in [-0.2, -0.15) is 4.98 Å². The molecule has 0 saturated carbocycles. The van der Waals surface area contributed by atoms with Gasteiger partial charge in [-0.1, -0.05) is 11.3 Å². The van der Waals surface area contributed by atoms with Crippen LogP contribution in [0, 0.1) is 0 Å². The van der Waals surface area contributed by atoms with Crippen LogP contribution in [0.1, 0.15) is 12.8 Å². The number of phenolic OH excluding ortho intramolecular Hbond substituents is 1. The van der Waals surface area contributed by atoms with Crippen molar-refractivity contribution in [3.8, 4) is 21.9 Å². The van der Waals surface area contributed by atoms with E-state index in [-0.39, 0.29) is 11.3 Å². The highest BCUT2D eigenvalue weighted by Crippen LogP contribution is 2.35. The molecule has 1 aromatic carbocycles. The van der Waals surface area contributed by atoms with Gasteiger partial charge < -0.3 is 14.7 Å². The number of hydrogen-bond donors (Lipinski definition) is 1. The highest BCUT2D eigenvalue weighted by Gasteiger charge is 2.16. The van der Waals surface area contributed by atoms with Gasteiger partial charge in [0.15, 0.2) is 16.6 Å². The largest absolute Gasteiger partial charge is 0.504 e. The number of aromatic nitrogens is 1. The first-order valence-corrected chi connectivity index (χ1v) is 7.63. The topological polar surface area (TPSA) is 62.7 Å². The summed E-state index contributed by atoms with van der Waals surface area (Å²) >= 11 is 1.49. The highest BCUT2D eigenvalue weighted by atomic mass is 32.1. The highest BCUT2D eigenvalue weighted by molar-refractivity contribution is 7.18. The summed E-state index contributed by atoms with van der Waals surface area (Å²) in [5.41, 5.74) is 0.604. The first-order valence-electron chi connectivity index (χ1n) is 6.82. The summed E-state index contributed by atoms with van der Waals surface area (Å²) in [5, 5.41) is 10.4. The summed E-state index contributed by atoms with van der Waals surface area (Å²) in [6, 6.07) is 6.60. The summed E-state index contributed by atoms with van der Waals surface area (Å²) in [6.07, 6.45) is 2.28. The first-order chi connectivity index (χ1) is 10.2. The minimum atomic E-state index is -0.238. The second-order valence-electron chi connectivity index (χ2n) is 4.92. The van der Waals surface area contributed by atoms with Crippen molar-refractivity contribution in [3.63, 3.8) is 0 Å². The molecule has 1 fully saturated rings. The molecule has 0 atom stereocenters. The SMILES string of the molecule is COc1cc(-c2cc(=O)nc(N3CCCC3)s2)ccc1O. The van der Waals surface area contributed by atoms with E-state index in [1.54, 1.807) is 18.2 Å². The molecule has 2 heterocycles. The Morgan fingerprint density at radius 2 is 2.05 bits per heavy atom. The van der Waals surface area contributed by atoms with Crippen LogP contribution in [0.5, 0.6) is 11.5 Å². The Labute approximate surface area is 126 Å². The molecule has 0 spiro atoms. The van der Waals surface area contributed by atoms with Crippen LogP contribution < -0.4 is 15.2 Å². The van der Waals surface area contributed by atoms with Gasteiger partial charge in [0.05, 0.1) is 7.11 Å². The second-order valence-corrected chi connectivity index (χ2v) is 5.93. The summed E-state index contributed by atoms with van der Waals surface area (Å²) in [5.74, 6) is 0.481. The van der Waals surface area contributed by atoms with Crippen LogP contribution in [0.4, 0.5) is 5.13 Å². The Balaban J connectivity index is 2.03. The molecule has 3 rings (SSSR count). The number of ether oxygens (including phenoxy) is 1. The van der Waals surface area contributed by atoms with Gasteiger partial charge in [-0.3, -0.25) is 4.79 Å². The predicted octanol–water partition coefficient (Wildman–Crippen LogP) is 2.48. The summed E-state index contributed by atoms with van der Waals surface area (Å²) in [6.45, 7) is 1.90. The normalized spacial score (nSPS) is 14.4. The number of phenols is 1. The average molecular weight is 304 g/mol. The van der Waals surface area contributed by atoms with Crippen molar-refractivity contribution in [1.29, 1.82) is 0 Å². The fraction of sp³-hybridized carbons (Fsp3) is 0.333. The van der Waals surface area contributed by atoms with Crippen LogP contribution in [-0.4, -0.2) is 30.3 Å². The van der Waals surface area contributed by atoms with Crippen molar-refractivity contribution >= 4 is 16.5 Å². The zero-order chi connectivity index (χ0) is 14.8. The van der Waals surface area contributed by atoms with E-state index in [0.717, 1.165) is 41.5 Å². The van der Waals surface area contributed by atoms with Gasteiger partial charge in [0.2, 0.25) is 0 Å². The van der Waals surface area contributed by atoms with Gasteiger partial charge in [-0.15, -0.1) is 0 Å². The molecule has 1 aromatic heterocycles. The molecule has 2 aromatic rings. The molecular formula is C15H16N2O3S. The number of aromatic hydroxyl groups is 1. The maximum absolute atomic E-state index is 11.9. The van der Waals surface area contributed by atoms with E-state index >= 15 is 0 Å². The number of rotatable bonds is 3. The van der Waals surface area contributed by atoms with Gasteiger partial charge in [-0.25, -0.2) is 0 Å². The van der Waals surface area contributed by atoms with Gasteiger partial charge in [0.25, 0.3) is 5.56 Å². The maximum Gasteiger partial charge on any atom is 0.273 e. The van der Waals surface area contributed by atoms with Crippen LogP contribution in [0.15, 0.2) is 29.1 Å². The minimum absolute atomic E-state index is 0.0856. The smallest absolute Gasteiger partial charge is 0.273 e. The Morgan fingerprint density at radius 3 is 2.76 bits per heavy atom. The van der Waals surface area contributed by atoms with E-state index in [9.17, 15) is 9.90 Å². The molecule has 1 saturated heterocycles. The van der Waals surface area contributed by atoms with Crippen molar-refractivity contribution in [2.45, 2.75) is 12.8 Å². The third-order valence-electron chi connectivity index (χ3n) is 3.50. The van der Waals surface area contributed by atoms with E-state index in [0.29, 0.717) is 5.75 Å². The molecule has 6 heteroatoms. The zero-order valence-corrected chi connectivity index (χ0v) is 12.5. The molecule has 21 heavy (non-hydrogen) atoms. The van der Waals surface area contributed by atoms with Crippen molar-refractivity contribution in [1.82, 2.24) is 4.98 Å². The molecular weight excluding hydrogens is 288 g/mol. The fourth-order valence-corrected chi connectivity index (χ4v) is 3.45. The molecule has 0 amide bonds. The first kappa shape index (κ1) is 13.9. The van der Waals surface area contributed by atoms with Crippen LogP contribution in [0.3, 0.4) is 0 Å². The van der Waals surface area contributed by atoms with E-state index < -0.39 is 0 Å². The molecule has 1 aliphatic heterocycles. The van der Waals surface area contributed by atoms with Crippen LogP contribution in [0.25, 0.3) is 10.4 Å². The van der Waals surface area contributed by atoms with Crippen molar-refractivity contribution in [3.05, 3.63) is 34.6 Å². The molecule has 110 valence electrons. The van der Waals surface area contributed by atoms with E-state index in [4.69, 9.17) is 4.74 Å². The average Bonchev–Trinajstić information content (AvgIpc) is 3.01. The Morgan fingerprint density at radius 1 is 1.29 bits per heavy atom. The summed E-state index contributed by atoms with van der Waals surface area (Å²) in [7, 11) is 1.50. The quantitative estimate of drug-likeness (QED) is 0.944. The standard InChI is InChI=1S/C15H16N2O3S/c1-20-12-8-10(4-5-11(12)18)13-9-14(19)16-15(21-13)17-6-2-3-7-17/h4-5,8-9,18H,2-3,6-7H2,1H3. The van der Waals surface area contributed by atoms with Gasteiger partial charge in [0, 0.05) is 24.0 Å². The minimum Gasteiger partial charge on any atom is -0.504 e. The lowest BCUT2D eigenvalue weighted by Gasteiger charge is -2.15. The van der Waals surface area contributed by atoms with Crippen LogP contribution in [-0.2, 0) is 0 Å². The lowest BCUT2D eigenvalue weighted by Crippen LogP contribution is -2.20. The Hall–Kier alpha value is -2.08. The monoisotopic (exact) mass is 304 g/mol. The molecule has 0 bridgehead atoms. The third kappa shape index (κ3) is 2.85. The van der Waals surface area contributed by atoms with Gasteiger partial charge >= 0.3 is 0 Å². The van der Waals surface area contributed by atoms with Crippen LogP contribution in [0.2, 0.25) is 0 Å². The lowest BCUT2D eigenvalue weighted by atomic mass is 10.1. The van der Waals surface area contributed by atoms with Crippen molar-refractivity contribution < 1.29 is 9.84 Å². The fourth-order valence-electron chi connectivity index (χ4n) is 2.41. The predicted molar refractivity (Wildman–Crippen MR) is 83.5 cm³/mol. The maximum atomic E-state index is 11.9. The number of anilines is 1. The van der Waals surface area contributed by atoms with Crippen molar-refractivity contribution in [2.75, 3.05) is 25.1 Å². The number of nitrogens with zero attached hydrogens (tertiary/aromatic N) is 2. The molecule has 0 aliphatic carbocycles. The lowest BCUT2D eigenvalue weighted by molar-refractivity contribution is 0.373. The van der Waals surface area contributed by atoms with E-state index in [1.165, 1.54) is 24.5 Å². The molecule has 0 unspecified atom stereocenters. The van der Waals surface area contributed by atoms with E-state index in [2.05, 4.69) is 9.88 Å². The number of methoxy groups -OCH3 is 1. The van der Waals surface area contributed by atoms with Crippen molar-refractivity contribution in [2.24, 2.45) is 0 Å². The third-order valence-corrected chi connectivity index (χ3v) is 4.61. The molecule has 0 radical (unpaired) electrons. The summed E-state index contributed by atoms with van der Waals surface area (Å²) in [4.78, 5) is 18.9. The molecule has 5 nitrogen and oxygen atoms in total. The number of benzene rings is 1. The summed E-state index contributed by atoms with van der Waals surface area (Å²) < 4.78 is 5.12. The Bertz CT molecular complexity index is 708. The zero-order valence-electron chi connectivity index (χ0n) is 11.7. The molecule has 1 N–H and O–H groups in total. The Kier molecular flexibility index (Phi) is 3.79. The van der Waals surface area contributed by atoms with Gasteiger partial charge in [-0.05, 0) is 36.6 Å². The van der Waals surface area contributed by atoms with E-state index in [1.807, 2.05) is 0 Å². The number of hydrogen-bond acceptors (Lipinski definition) is 6. The van der Waals surface area contributed by atoms with Crippen LogP contribution >= 0.6 is 11.3 Å². The molecule has 1 aliphatic rings. The second kappa shape index (κ2) is 5.73.